The van der Waals surface area contributed by atoms with E-state index < -0.39 is 9.84 Å². The van der Waals surface area contributed by atoms with Crippen LogP contribution in [0.5, 0.6) is 0 Å². The number of amides is 1. The highest BCUT2D eigenvalue weighted by Gasteiger charge is 2.28. The zero-order valence-corrected chi connectivity index (χ0v) is 14.6. The molecule has 0 radical (unpaired) electrons. The van der Waals surface area contributed by atoms with E-state index in [-0.39, 0.29) is 23.5 Å². The number of nitrogens with zero attached hydrogens (tertiary/aromatic N) is 1. The molecule has 1 amide bonds. The van der Waals surface area contributed by atoms with Crippen LogP contribution in [0.15, 0.2) is 35.3 Å². The molecule has 0 aliphatic carbocycles. The van der Waals surface area contributed by atoms with Crippen molar-refractivity contribution in [3.05, 3.63) is 35.9 Å². The molecule has 1 aliphatic rings. The number of hydrogen-bond acceptors (Lipinski definition) is 4. The van der Waals surface area contributed by atoms with Gasteiger partial charge in [-0.3, -0.25) is 9.79 Å². The second-order valence-corrected chi connectivity index (χ2v) is 7.98. The lowest BCUT2D eigenvalue weighted by Gasteiger charge is -2.16. The van der Waals surface area contributed by atoms with Crippen LogP contribution in [0.4, 0.5) is 0 Å². The molecule has 3 N–H and O–H groups in total. The third-order valence-corrected chi connectivity index (χ3v) is 5.54. The van der Waals surface area contributed by atoms with Crippen molar-refractivity contribution in [2.75, 3.05) is 25.1 Å². The number of rotatable bonds is 6. The Bertz CT molecular complexity index is 674. The van der Waals surface area contributed by atoms with Crippen LogP contribution in [0, 0.1) is 0 Å². The van der Waals surface area contributed by atoms with Crippen LogP contribution in [0.1, 0.15) is 18.4 Å². The van der Waals surface area contributed by atoms with Crippen molar-refractivity contribution in [3.8, 4) is 0 Å². The fourth-order valence-electron chi connectivity index (χ4n) is 2.48. The summed E-state index contributed by atoms with van der Waals surface area (Å²) in [7, 11) is -1.31. The average molecular weight is 352 g/mol. The smallest absolute Gasteiger partial charge is 0.222 e. The number of hydrogen-bond donors (Lipinski definition) is 3. The number of sulfone groups is 1. The summed E-state index contributed by atoms with van der Waals surface area (Å²) in [6.07, 6.45) is 0.900. The minimum absolute atomic E-state index is 0.0507. The summed E-state index contributed by atoms with van der Waals surface area (Å²) in [5.74, 6) is 0.813. The molecule has 8 heteroatoms. The van der Waals surface area contributed by atoms with Crippen LogP contribution >= 0.6 is 0 Å². The Hall–Kier alpha value is -2.09. The number of aliphatic imine (C=N–C) groups is 1. The summed E-state index contributed by atoms with van der Waals surface area (Å²) < 4.78 is 22.9. The molecule has 2 rings (SSSR count). The second kappa shape index (κ2) is 8.68. The molecule has 24 heavy (non-hydrogen) atoms. The van der Waals surface area contributed by atoms with Crippen LogP contribution in [-0.4, -0.2) is 51.4 Å². The van der Waals surface area contributed by atoms with Gasteiger partial charge in [0.1, 0.15) is 0 Å². The van der Waals surface area contributed by atoms with E-state index in [2.05, 4.69) is 20.9 Å². The van der Waals surface area contributed by atoms with Gasteiger partial charge in [-0.1, -0.05) is 30.3 Å². The molecule has 1 saturated heterocycles. The van der Waals surface area contributed by atoms with Crippen LogP contribution in [0.3, 0.4) is 0 Å². The molecule has 7 nitrogen and oxygen atoms in total. The Morgan fingerprint density at radius 1 is 1.25 bits per heavy atom. The highest BCUT2D eigenvalue weighted by atomic mass is 32.2. The molecule has 0 saturated carbocycles. The number of benzene rings is 1. The van der Waals surface area contributed by atoms with Crippen molar-refractivity contribution in [1.29, 1.82) is 0 Å². The summed E-state index contributed by atoms with van der Waals surface area (Å²) >= 11 is 0. The molecule has 1 atom stereocenters. The average Bonchev–Trinajstić information content (AvgIpc) is 2.91. The Morgan fingerprint density at radius 3 is 2.62 bits per heavy atom. The van der Waals surface area contributed by atoms with Crippen molar-refractivity contribution >= 4 is 21.7 Å². The van der Waals surface area contributed by atoms with Gasteiger partial charge in [0.2, 0.25) is 5.91 Å². The standard InChI is InChI=1S/C16H24N4O3S/c1-17-16(20-14-8-10-24(22,23)12-14)18-9-7-15(21)19-11-13-5-3-2-4-6-13/h2-6,14H,7-12H2,1H3,(H,19,21)(H2,17,18,20). The van der Waals surface area contributed by atoms with Gasteiger partial charge >= 0.3 is 0 Å². The molecule has 1 aliphatic heterocycles. The lowest BCUT2D eigenvalue weighted by atomic mass is 10.2. The summed E-state index contributed by atoms with van der Waals surface area (Å²) in [6.45, 7) is 0.937. The summed E-state index contributed by atoms with van der Waals surface area (Å²) in [6, 6.07) is 9.60. The van der Waals surface area contributed by atoms with Crippen molar-refractivity contribution in [2.24, 2.45) is 4.99 Å². The first-order valence-corrected chi connectivity index (χ1v) is 9.79. The largest absolute Gasteiger partial charge is 0.356 e. The van der Waals surface area contributed by atoms with Gasteiger partial charge in [0, 0.05) is 32.6 Å². The Balaban J connectivity index is 1.65. The first kappa shape index (κ1) is 18.3. The van der Waals surface area contributed by atoms with Crippen LogP contribution in [0.25, 0.3) is 0 Å². The lowest BCUT2D eigenvalue weighted by Crippen LogP contribution is -2.44. The zero-order valence-electron chi connectivity index (χ0n) is 13.8. The third-order valence-electron chi connectivity index (χ3n) is 3.77. The monoisotopic (exact) mass is 352 g/mol. The molecule has 1 aromatic carbocycles. The van der Waals surface area contributed by atoms with Crippen molar-refractivity contribution in [2.45, 2.75) is 25.4 Å². The lowest BCUT2D eigenvalue weighted by molar-refractivity contribution is -0.121. The quantitative estimate of drug-likeness (QED) is 0.496. The fourth-order valence-corrected chi connectivity index (χ4v) is 4.15. The number of guanidine groups is 1. The van der Waals surface area contributed by atoms with E-state index in [0.29, 0.717) is 31.9 Å². The molecule has 0 aromatic heterocycles. The van der Waals surface area contributed by atoms with E-state index in [1.165, 1.54) is 0 Å². The van der Waals surface area contributed by atoms with Crippen LogP contribution in [-0.2, 0) is 21.2 Å². The summed E-state index contributed by atoms with van der Waals surface area (Å²) in [5, 5.41) is 8.97. The van der Waals surface area contributed by atoms with E-state index in [9.17, 15) is 13.2 Å². The van der Waals surface area contributed by atoms with E-state index >= 15 is 0 Å². The maximum Gasteiger partial charge on any atom is 0.222 e. The van der Waals surface area contributed by atoms with E-state index in [4.69, 9.17) is 0 Å². The molecule has 1 unspecified atom stereocenters. The van der Waals surface area contributed by atoms with Gasteiger partial charge in [0.05, 0.1) is 11.5 Å². The highest BCUT2D eigenvalue weighted by Crippen LogP contribution is 2.10. The Labute approximate surface area is 142 Å². The fraction of sp³-hybridized carbons (Fsp3) is 0.500. The van der Waals surface area contributed by atoms with Gasteiger partial charge in [-0.25, -0.2) is 8.42 Å². The Kier molecular flexibility index (Phi) is 6.60. The SMILES string of the molecule is CN=C(NCCC(=O)NCc1ccccc1)NC1CCS(=O)(=O)C1. The molecule has 1 fully saturated rings. The van der Waals surface area contributed by atoms with Crippen molar-refractivity contribution < 1.29 is 13.2 Å². The predicted octanol–water partition coefficient (Wildman–Crippen LogP) is 0.0450. The molecule has 132 valence electrons. The van der Waals surface area contributed by atoms with Gasteiger partial charge in [0.15, 0.2) is 15.8 Å². The first-order chi connectivity index (χ1) is 11.5. The van der Waals surface area contributed by atoms with Gasteiger partial charge in [-0.15, -0.1) is 0 Å². The number of nitrogens with one attached hydrogen (secondary N) is 3. The third kappa shape index (κ3) is 6.19. The first-order valence-electron chi connectivity index (χ1n) is 7.97. The highest BCUT2D eigenvalue weighted by molar-refractivity contribution is 7.91. The van der Waals surface area contributed by atoms with E-state index in [1.807, 2.05) is 30.3 Å². The maximum atomic E-state index is 11.8. The summed E-state index contributed by atoms with van der Waals surface area (Å²) in [5.41, 5.74) is 1.05. The minimum Gasteiger partial charge on any atom is -0.356 e. The van der Waals surface area contributed by atoms with Gasteiger partial charge in [0.25, 0.3) is 0 Å². The number of carbonyl (C=O) groups is 1. The topological polar surface area (TPSA) is 99.7 Å². The van der Waals surface area contributed by atoms with Crippen LogP contribution in [0.2, 0.25) is 0 Å². The second-order valence-electron chi connectivity index (χ2n) is 5.76. The normalized spacial score (nSPS) is 19.7. The molecular weight excluding hydrogens is 328 g/mol. The van der Waals surface area contributed by atoms with Crippen molar-refractivity contribution in [3.63, 3.8) is 0 Å². The number of carbonyl (C=O) groups excluding carboxylic acids is 1. The van der Waals surface area contributed by atoms with E-state index in [0.717, 1.165) is 5.56 Å². The molecule has 1 aromatic rings. The van der Waals surface area contributed by atoms with Crippen molar-refractivity contribution in [1.82, 2.24) is 16.0 Å². The zero-order chi connectivity index (χ0) is 17.4. The van der Waals surface area contributed by atoms with E-state index in [1.54, 1.807) is 7.05 Å². The van der Waals surface area contributed by atoms with Gasteiger partial charge in [-0.2, -0.15) is 0 Å². The van der Waals surface area contributed by atoms with Crippen LogP contribution < -0.4 is 16.0 Å². The molecular formula is C16H24N4O3S. The molecule has 0 spiro atoms. The molecule has 1 heterocycles. The Morgan fingerprint density at radius 2 is 2.00 bits per heavy atom. The minimum atomic E-state index is -2.93. The predicted molar refractivity (Wildman–Crippen MR) is 94.5 cm³/mol. The van der Waals surface area contributed by atoms with Gasteiger partial charge < -0.3 is 16.0 Å². The molecule has 0 bridgehead atoms. The summed E-state index contributed by atoms with van der Waals surface area (Å²) in [4.78, 5) is 15.9. The maximum absolute atomic E-state index is 11.8. The van der Waals surface area contributed by atoms with Gasteiger partial charge in [-0.05, 0) is 12.0 Å².